The van der Waals surface area contributed by atoms with Gasteiger partial charge >= 0.3 is 0 Å². The van der Waals surface area contributed by atoms with E-state index in [-0.39, 0.29) is 0 Å². The Morgan fingerprint density at radius 1 is 0.789 bits per heavy atom. The summed E-state index contributed by atoms with van der Waals surface area (Å²) in [6, 6.07) is 9.48. The summed E-state index contributed by atoms with van der Waals surface area (Å²) in [4.78, 5) is 0. The van der Waals surface area contributed by atoms with Crippen molar-refractivity contribution in [2.75, 3.05) is 7.11 Å². The summed E-state index contributed by atoms with van der Waals surface area (Å²) in [6.07, 6.45) is 0. The van der Waals surface area contributed by atoms with Gasteiger partial charge in [0.15, 0.2) is 11.5 Å². The van der Waals surface area contributed by atoms with Crippen molar-refractivity contribution < 1.29 is 9.47 Å². The van der Waals surface area contributed by atoms with Crippen LogP contribution in [0.25, 0.3) is 0 Å². The first-order valence-electron chi connectivity index (χ1n) is 5.16. The van der Waals surface area contributed by atoms with Gasteiger partial charge < -0.3 is 9.47 Å². The molecular weight excluding hydrogens is 508 g/mol. The molecule has 0 atom stereocenters. The quantitative estimate of drug-likeness (QED) is 0.462. The SMILES string of the molecule is COc1cc(Br)cc(Br)c1Oc1cc(Br)cc(Br)c1. The summed E-state index contributed by atoms with van der Waals surface area (Å²) >= 11 is 13.8. The molecule has 0 saturated heterocycles. The second kappa shape index (κ2) is 6.61. The lowest BCUT2D eigenvalue weighted by Gasteiger charge is -2.13. The van der Waals surface area contributed by atoms with Crippen molar-refractivity contribution in [3.63, 3.8) is 0 Å². The lowest BCUT2D eigenvalue weighted by molar-refractivity contribution is 0.377. The number of ether oxygens (including phenoxy) is 2. The third-order valence-corrected chi connectivity index (χ3v) is 4.21. The molecule has 0 aliphatic rings. The van der Waals surface area contributed by atoms with Gasteiger partial charge in [-0.25, -0.2) is 0 Å². The molecule has 100 valence electrons. The number of rotatable bonds is 3. The molecule has 0 aromatic heterocycles. The van der Waals surface area contributed by atoms with Crippen LogP contribution in [0.4, 0.5) is 0 Å². The van der Waals surface area contributed by atoms with E-state index >= 15 is 0 Å². The van der Waals surface area contributed by atoms with Gasteiger partial charge in [-0.15, -0.1) is 0 Å². The number of methoxy groups -OCH3 is 1. The van der Waals surface area contributed by atoms with Gasteiger partial charge in [-0.05, 0) is 46.3 Å². The molecule has 2 nitrogen and oxygen atoms in total. The normalized spacial score (nSPS) is 10.4. The Morgan fingerprint density at radius 3 is 1.95 bits per heavy atom. The molecule has 0 fully saturated rings. The van der Waals surface area contributed by atoms with Crippen LogP contribution in [0, 0.1) is 0 Å². The molecule has 0 bridgehead atoms. The highest BCUT2D eigenvalue weighted by Gasteiger charge is 2.12. The lowest BCUT2D eigenvalue weighted by Crippen LogP contribution is -1.92. The molecule has 0 heterocycles. The zero-order valence-corrected chi connectivity index (χ0v) is 16.1. The fraction of sp³-hybridized carbons (Fsp3) is 0.0769. The van der Waals surface area contributed by atoms with Gasteiger partial charge in [-0.2, -0.15) is 0 Å². The molecule has 0 N–H and O–H groups in total. The molecule has 2 aromatic carbocycles. The third-order valence-electron chi connectivity index (χ3n) is 2.25. The third kappa shape index (κ3) is 3.97. The van der Waals surface area contributed by atoms with Gasteiger partial charge in [0.05, 0.1) is 11.6 Å². The first kappa shape index (κ1) is 15.4. The van der Waals surface area contributed by atoms with E-state index in [9.17, 15) is 0 Å². The minimum absolute atomic E-state index is 0.635. The molecule has 0 unspecified atom stereocenters. The average Bonchev–Trinajstić information content (AvgIpc) is 2.31. The van der Waals surface area contributed by atoms with Crippen LogP contribution in [0.5, 0.6) is 17.2 Å². The first-order valence-corrected chi connectivity index (χ1v) is 8.34. The van der Waals surface area contributed by atoms with Crippen LogP contribution in [0.15, 0.2) is 48.2 Å². The van der Waals surface area contributed by atoms with Crippen molar-refractivity contribution in [3.05, 3.63) is 48.2 Å². The smallest absolute Gasteiger partial charge is 0.183 e. The van der Waals surface area contributed by atoms with Crippen molar-refractivity contribution >= 4 is 63.7 Å². The fourth-order valence-corrected chi connectivity index (χ4v) is 4.01. The van der Waals surface area contributed by atoms with Crippen LogP contribution in [-0.2, 0) is 0 Å². The van der Waals surface area contributed by atoms with Gasteiger partial charge in [0, 0.05) is 13.4 Å². The summed E-state index contributed by atoms with van der Waals surface area (Å²) in [5.74, 6) is 2.00. The molecule has 19 heavy (non-hydrogen) atoms. The predicted octanol–water partition coefficient (Wildman–Crippen LogP) is 6.54. The van der Waals surface area contributed by atoms with E-state index in [1.165, 1.54) is 0 Å². The zero-order chi connectivity index (χ0) is 14.0. The Hall–Kier alpha value is -0.0400. The molecule has 6 heteroatoms. The second-order valence-corrected chi connectivity index (χ2v) is 7.23. The Kier molecular flexibility index (Phi) is 5.34. The van der Waals surface area contributed by atoms with Gasteiger partial charge in [-0.3, -0.25) is 0 Å². The van der Waals surface area contributed by atoms with E-state index < -0.39 is 0 Å². The number of benzene rings is 2. The van der Waals surface area contributed by atoms with E-state index in [0.29, 0.717) is 17.2 Å². The van der Waals surface area contributed by atoms with E-state index in [0.717, 1.165) is 17.9 Å². The average molecular weight is 516 g/mol. The van der Waals surface area contributed by atoms with E-state index in [1.807, 2.05) is 30.3 Å². The largest absolute Gasteiger partial charge is 0.493 e. The molecule has 2 aromatic rings. The minimum Gasteiger partial charge on any atom is -0.493 e. The molecule has 0 aliphatic carbocycles. The van der Waals surface area contributed by atoms with E-state index in [2.05, 4.69) is 63.7 Å². The van der Waals surface area contributed by atoms with Crippen LogP contribution in [0.2, 0.25) is 0 Å². The lowest BCUT2D eigenvalue weighted by atomic mass is 10.3. The Balaban J connectivity index is 2.42. The molecule has 0 spiro atoms. The van der Waals surface area contributed by atoms with Gasteiger partial charge in [0.1, 0.15) is 5.75 Å². The number of hydrogen-bond donors (Lipinski definition) is 0. The molecule has 2 rings (SSSR count). The summed E-state index contributed by atoms with van der Waals surface area (Å²) in [5, 5.41) is 0. The summed E-state index contributed by atoms with van der Waals surface area (Å²) < 4.78 is 14.8. The molecule has 0 amide bonds. The molecule has 0 radical (unpaired) electrons. The number of halogens is 4. The topological polar surface area (TPSA) is 18.5 Å². The Labute approximate surface area is 145 Å². The van der Waals surface area contributed by atoms with Gasteiger partial charge in [-0.1, -0.05) is 47.8 Å². The number of hydrogen-bond acceptors (Lipinski definition) is 2. The van der Waals surface area contributed by atoms with Crippen molar-refractivity contribution in [1.29, 1.82) is 0 Å². The van der Waals surface area contributed by atoms with Gasteiger partial charge in [0.2, 0.25) is 0 Å². The maximum atomic E-state index is 5.90. The van der Waals surface area contributed by atoms with Crippen molar-refractivity contribution in [1.82, 2.24) is 0 Å². The summed E-state index contributed by atoms with van der Waals surface area (Å²) in [7, 11) is 1.61. The monoisotopic (exact) mass is 512 g/mol. The predicted molar refractivity (Wildman–Crippen MR) is 90.3 cm³/mol. The maximum absolute atomic E-state index is 5.90. The minimum atomic E-state index is 0.635. The maximum Gasteiger partial charge on any atom is 0.183 e. The van der Waals surface area contributed by atoms with E-state index in [1.54, 1.807) is 7.11 Å². The summed E-state index contributed by atoms with van der Waals surface area (Å²) in [5.41, 5.74) is 0. The Morgan fingerprint density at radius 2 is 1.37 bits per heavy atom. The highest BCUT2D eigenvalue weighted by atomic mass is 79.9. The fourth-order valence-electron chi connectivity index (χ4n) is 1.49. The molecule has 0 aliphatic heterocycles. The van der Waals surface area contributed by atoms with Crippen LogP contribution >= 0.6 is 63.7 Å². The van der Waals surface area contributed by atoms with E-state index in [4.69, 9.17) is 9.47 Å². The van der Waals surface area contributed by atoms with Crippen LogP contribution in [-0.4, -0.2) is 7.11 Å². The van der Waals surface area contributed by atoms with Gasteiger partial charge in [0.25, 0.3) is 0 Å². The van der Waals surface area contributed by atoms with Crippen molar-refractivity contribution in [2.24, 2.45) is 0 Å². The highest BCUT2D eigenvalue weighted by molar-refractivity contribution is 9.11. The highest BCUT2D eigenvalue weighted by Crippen LogP contribution is 2.41. The second-order valence-electron chi connectivity index (χ2n) is 3.63. The van der Waals surface area contributed by atoms with Crippen LogP contribution in [0.3, 0.4) is 0 Å². The Bertz CT molecular complexity index is 594. The molecular formula is C13H8Br4O2. The van der Waals surface area contributed by atoms with Crippen LogP contribution < -0.4 is 9.47 Å². The first-order chi connectivity index (χ1) is 8.99. The zero-order valence-electron chi connectivity index (χ0n) is 9.72. The van der Waals surface area contributed by atoms with Crippen LogP contribution in [0.1, 0.15) is 0 Å². The van der Waals surface area contributed by atoms with Crippen molar-refractivity contribution in [2.45, 2.75) is 0 Å². The standard InChI is InChI=1S/C13H8Br4O2/c1-18-12-6-9(16)5-11(17)13(12)19-10-3-7(14)2-8(15)4-10/h2-6H,1H3. The van der Waals surface area contributed by atoms with Crippen molar-refractivity contribution in [3.8, 4) is 17.2 Å². The molecule has 0 saturated carbocycles. The summed E-state index contributed by atoms with van der Waals surface area (Å²) in [6.45, 7) is 0.